The van der Waals surface area contributed by atoms with Crippen molar-refractivity contribution in [3.8, 4) is 0 Å². The van der Waals surface area contributed by atoms with Crippen LogP contribution in [0.5, 0.6) is 0 Å². The van der Waals surface area contributed by atoms with Crippen LogP contribution in [0.2, 0.25) is 0 Å². The van der Waals surface area contributed by atoms with Crippen molar-refractivity contribution < 1.29 is 4.79 Å². The maximum absolute atomic E-state index is 12.5. The van der Waals surface area contributed by atoms with E-state index in [1.165, 1.54) is 5.56 Å². The number of amides is 1. The van der Waals surface area contributed by atoms with Gasteiger partial charge >= 0.3 is 0 Å². The lowest BCUT2D eigenvalue weighted by molar-refractivity contribution is 0.102. The summed E-state index contributed by atoms with van der Waals surface area (Å²) in [4.78, 5) is 18.7. The van der Waals surface area contributed by atoms with Crippen LogP contribution in [0.4, 0.5) is 17.1 Å². The molecule has 3 aromatic rings. The van der Waals surface area contributed by atoms with Crippen molar-refractivity contribution in [2.24, 2.45) is 0 Å². The van der Waals surface area contributed by atoms with Gasteiger partial charge in [-0.3, -0.25) is 9.78 Å². The molecule has 5 nitrogen and oxygen atoms in total. The van der Waals surface area contributed by atoms with Gasteiger partial charge in [-0.1, -0.05) is 30.3 Å². The molecule has 1 heterocycles. The second kappa shape index (κ2) is 8.36. The molecule has 0 spiro atoms. The molecule has 0 radical (unpaired) electrons. The number of rotatable bonds is 6. The zero-order valence-corrected chi connectivity index (χ0v) is 15.8. The monoisotopic (exact) mass is 360 g/mol. The first-order valence-corrected chi connectivity index (χ1v) is 8.89. The van der Waals surface area contributed by atoms with E-state index in [9.17, 15) is 4.79 Å². The van der Waals surface area contributed by atoms with Gasteiger partial charge < -0.3 is 15.5 Å². The quantitative estimate of drug-likeness (QED) is 0.676. The van der Waals surface area contributed by atoms with E-state index in [2.05, 4.69) is 34.7 Å². The Morgan fingerprint density at radius 2 is 1.67 bits per heavy atom. The average molecular weight is 360 g/mol. The van der Waals surface area contributed by atoms with Crippen molar-refractivity contribution >= 4 is 23.0 Å². The first-order valence-electron chi connectivity index (χ1n) is 8.89. The molecule has 0 aliphatic rings. The normalized spacial score (nSPS) is 11.5. The van der Waals surface area contributed by atoms with E-state index in [-0.39, 0.29) is 11.9 Å². The Morgan fingerprint density at radius 3 is 2.33 bits per heavy atom. The maximum Gasteiger partial charge on any atom is 0.274 e. The van der Waals surface area contributed by atoms with Crippen LogP contribution in [0, 0.1) is 0 Å². The number of carbonyl (C=O) groups excluding carboxylic acids is 1. The number of nitrogens with one attached hydrogen (secondary N) is 2. The number of benzene rings is 2. The Hall–Kier alpha value is -3.34. The average Bonchev–Trinajstić information content (AvgIpc) is 2.69. The zero-order chi connectivity index (χ0) is 19.2. The van der Waals surface area contributed by atoms with E-state index < -0.39 is 0 Å². The van der Waals surface area contributed by atoms with Crippen molar-refractivity contribution in [2.75, 3.05) is 29.6 Å². The molecule has 0 aliphatic carbocycles. The summed E-state index contributed by atoms with van der Waals surface area (Å²) < 4.78 is 0. The predicted molar refractivity (Wildman–Crippen MR) is 111 cm³/mol. The Morgan fingerprint density at radius 1 is 0.963 bits per heavy atom. The Bertz CT molecular complexity index is 892. The van der Waals surface area contributed by atoms with Gasteiger partial charge in [-0.2, -0.15) is 0 Å². The van der Waals surface area contributed by atoms with Gasteiger partial charge in [0.2, 0.25) is 0 Å². The molecule has 0 aliphatic heterocycles. The first kappa shape index (κ1) is 18.5. The standard InChI is InChI=1S/C22H24N4O/c1-16(17-7-5-4-6-8-17)24-19-13-14-23-21(15-19)22(27)25-18-9-11-20(12-10-18)26(2)3/h4-16H,1-3H3,(H,23,24)(H,25,27). The highest BCUT2D eigenvalue weighted by Gasteiger charge is 2.10. The van der Waals surface area contributed by atoms with E-state index in [1.807, 2.05) is 67.5 Å². The second-order valence-corrected chi connectivity index (χ2v) is 6.60. The molecule has 1 atom stereocenters. The summed E-state index contributed by atoms with van der Waals surface area (Å²) in [5, 5.41) is 6.30. The molecule has 0 fully saturated rings. The van der Waals surface area contributed by atoms with Gasteiger partial charge in [0, 0.05) is 43.4 Å². The van der Waals surface area contributed by atoms with E-state index in [0.717, 1.165) is 17.1 Å². The molecule has 3 rings (SSSR count). The maximum atomic E-state index is 12.5. The molecule has 1 amide bonds. The predicted octanol–water partition coefficient (Wildman–Crippen LogP) is 4.57. The van der Waals surface area contributed by atoms with E-state index in [4.69, 9.17) is 0 Å². The SMILES string of the molecule is CC(Nc1ccnc(C(=O)Nc2ccc(N(C)C)cc2)c1)c1ccccc1. The summed E-state index contributed by atoms with van der Waals surface area (Å²) >= 11 is 0. The smallest absolute Gasteiger partial charge is 0.274 e. The summed E-state index contributed by atoms with van der Waals surface area (Å²) in [6.07, 6.45) is 1.64. The largest absolute Gasteiger partial charge is 0.378 e. The molecular formula is C22H24N4O. The molecule has 138 valence electrons. The van der Waals surface area contributed by atoms with Crippen molar-refractivity contribution in [3.63, 3.8) is 0 Å². The summed E-state index contributed by atoms with van der Waals surface area (Å²) in [7, 11) is 3.96. The van der Waals surface area contributed by atoms with Crippen LogP contribution in [0.3, 0.4) is 0 Å². The third kappa shape index (κ3) is 4.85. The molecular weight excluding hydrogens is 336 g/mol. The van der Waals surface area contributed by atoms with Crippen LogP contribution >= 0.6 is 0 Å². The van der Waals surface area contributed by atoms with E-state index in [1.54, 1.807) is 12.3 Å². The van der Waals surface area contributed by atoms with Gasteiger partial charge in [-0.25, -0.2) is 0 Å². The minimum Gasteiger partial charge on any atom is -0.378 e. The Labute approximate surface area is 160 Å². The molecule has 0 saturated carbocycles. The molecule has 5 heteroatoms. The lowest BCUT2D eigenvalue weighted by atomic mass is 10.1. The number of pyridine rings is 1. The van der Waals surface area contributed by atoms with Crippen LogP contribution < -0.4 is 15.5 Å². The topological polar surface area (TPSA) is 57.3 Å². The summed E-state index contributed by atoms with van der Waals surface area (Å²) in [5.41, 5.74) is 4.23. The van der Waals surface area contributed by atoms with Gasteiger partial charge in [0.05, 0.1) is 0 Å². The molecule has 1 unspecified atom stereocenters. The number of nitrogens with zero attached hydrogens (tertiary/aromatic N) is 2. The van der Waals surface area contributed by atoms with Gasteiger partial charge in [0.25, 0.3) is 5.91 Å². The first-order chi connectivity index (χ1) is 13.0. The summed E-state index contributed by atoms with van der Waals surface area (Å²) in [5.74, 6) is -0.233. The van der Waals surface area contributed by atoms with Crippen LogP contribution in [0.25, 0.3) is 0 Å². The fourth-order valence-electron chi connectivity index (χ4n) is 2.76. The minimum atomic E-state index is -0.233. The summed E-state index contributed by atoms with van der Waals surface area (Å²) in [6.45, 7) is 2.09. The van der Waals surface area contributed by atoms with Crippen LogP contribution in [0.15, 0.2) is 72.9 Å². The Balaban J connectivity index is 1.68. The van der Waals surface area contributed by atoms with Gasteiger partial charge in [0.15, 0.2) is 0 Å². The number of aromatic nitrogens is 1. The van der Waals surface area contributed by atoms with Gasteiger partial charge in [-0.15, -0.1) is 0 Å². The second-order valence-electron chi connectivity index (χ2n) is 6.60. The Kier molecular flexibility index (Phi) is 5.71. The molecule has 2 N–H and O–H groups in total. The van der Waals surface area contributed by atoms with Gasteiger partial charge in [-0.05, 0) is 48.9 Å². The molecule has 0 bridgehead atoms. The number of anilines is 3. The minimum absolute atomic E-state index is 0.128. The van der Waals surface area contributed by atoms with Crippen LogP contribution in [0.1, 0.15) is 29.0 Å². The number of carbonyl (C=O) groups is 1. The highest BCUT2D eigenvalue weighted by atomic mass is 16.1. The lowest BCUT2D eigenvalue weighted by Crippen LogP contribution is -2.15. The van der Waals surface area contributed by atoms with Crippen molar-refractivity contribution in [2.45, 2.75) is 13.0 Å². The highest BCUT2D eigenvalue weighted by Crippen LogP contribution is 2.20. The summed E-state index contributed by atoms with van der Waals surface area (Å²) in [6, 6.07) is 21.6. The molecule has 0 saturated heterocycles. The van der Waals surface area contributed by atoms with Crippen molar-refractivity contribution in [1.29, 1.82) is 0 Å². The van der Waals surface area contributed by atoms with E-state index in [0.29, 0.717) is 5.69 Å². The van der Waals surface area contributed by atoms with Gasteiger partial charge in [0.1, 0.15) is 5.69 Å². The fraction of sp³-hybridized carbons (Fsp3) is 0.182. The zero-order valence-electron chi connectivity index (χ0n) is 15.8. The lowest BCUT2D eigenvalue weighted by Gasteiger charge is -2.16. The van der Waals surface area contributed by atoms with Crippen molar-refractivity contribution in [3.05, 3.63) is 84.2 Å². The van der Waals surface area contributed by atoms with Crippen LogP contribution in [-0.4, -0.2) is 25.0 Å². The number of hydrogen-bond donors (Lipinski definition) is 2. The molecule has 27 heavy (non-hydrogen) atoms. The fourth-order valence-corrected chi connectivity index (χ4v) is 2.76. The molecule has 2 aromatic carbocycles. The third-order valence-corrected chi connectivity index (χ3v) is 4.32. The van der Waals surface area contributed by atoms with Crippen molar-refractivity contribution in [1.82, 2.24) is 4.98 Å². The number of hydrogen-bond acceptors (Lipinski definition) is 4. The third-order valence-electron chi connectivity index (χ3n) is 4.32. The highest BCUT2D eigenvalue weighted by molar-refractivity contribution is 6.03. The van der Waals surface area contributed by atoms with E-state index >= 15 is 0 Å². The molecule has 1 aromatic heterocycles. The van der Waals surface area contributed by atoms with Crippen LogP contribution in [-0.2, 0) is 0 Å².